The normalized spacial score (nSPS) is 19.2. The number of hydrogen-bond donors (Lipinski definition) is 1. The molecule has 0 atom stereocenters. The van der Waals surface area contributed by atoms with Gasteiger partial charge in [0.05, 0.1) is 12.1 Å². The largest absolute Gasteiger partial charge is 0.444 e. The number of nitrogens with zero attached hydrogens (tertiary/aromatic N) is 4. The molecule has 1 saturated heterocycles. The van der Waals surface area contributed by atoms with E-state index in [0.29, 0.717) is 25.9 Å². The first-order valence-electron chi connectivity index (χ1n) is 12.3. The highest BCUT2D eigenvalue weighted by Gasteiger charge is 2.38. The fourth-order valence-electron chi connectivity index (χ4n) is 5.29. The molecule has 0 unspecified atom stereocenters. The minimum absolute atomic E-state index is 0.0254. The molecule has 1 aliphatic carbocycles. The number of cyclic esters (lactones) is 1. The third-order valence-electron chi connectivity index (χ3n) is 7.10. The lowest BCUT2D eigenvalue weighted by Crippen LogP contribution is -2.49. The molecule has 0 spiro atoms. The van der Waals surface area contributed by atoms with Crippen molar-refractivity contribution >= 4 is 23.6 Å². The third kappa shape index (κ3) is 5.10. The quantitative estimate of drug-likeness (QED) is 0.658. The van der Waals surface area contributed by atoms with Crippen molar-refractivity contribution in [2.24, 2.45) is 0 Å². The second-order valence-corrected chi connectivity index (χ2v) is 9.54. The van der Waals surface area contributed by atoms with Crippen LogP contribution in [0, 0.1) is 0 Å². The number of aromatic nitrogens is 2. The Kier molecular flexibility index (Phi) is 6.72. The van der Waals surface area contributed by atoms with Crippen LogP contribution in [0.25, 0.3) is 0 Å². The van der Waals surface area contributed by atoms with E-state index in [4.69, 9.17) is 4.74 Å². The van der Waals surface area contributed by atoms with Crippen molar-refractivity contribution in [3.8, 4) is 0 Å². The van der Waals surface area contributed by atoms with Gasteiger partial charge in [-0.25, -0.2) is 14.8 Å². The maximum Gasteiger partial charge on any atom is 0.433 e. The van der Waals surface area contributed by atoms with Crippen molar-refractivity contribution in [2.45, 2.75) is 69.8 Å². The van der Waals surface area contributed by atoms with Gasteiger partial charge in [0.15, 0.2) is 5.69 Å². The van der Waals surface area contributed by atoms with Gasteiger partial charge in [-0.1, -0.05) is 31.0 Å². The summed E-state index contributed by atoms with van der Waals surface area (Å²) < 4.78 is 46.8. The van der Waals surface area contributed by atoms with Crippen molar-refractivity contribution in [3.63, 3.8) is 0 Å². The summed E-state index contributed by atoms with van der Waals surface area (Å²) in [4.78, 5) is 36.2. The van der Waals surface area contributed by atoms with E-state index < -0.39 is 30.3 Å². The zero-order valence-electron chi connectivity index (χ0n) is 19.8. The number of alkyl halides is 3. The Balaban J connectivity index is 1.28. The first-order valence-corrected chi connectivity index (χ1v) is 12.3. The average molecular weight is 504 g/mol. The van der Waals surface area contributed by atoms with Gasteiger partial charge in [0.25, 0.3) is 0 Å². The summed E-state index contributed by atoms with van der Waals surface area (Å²) in [7, 11) is 0. The van der Waals surface area contributed by atoms with Crippen LogP contribution in [0.2, 0.25) is 0 Å². The topological polar surface area (TPSA) is 87.7 Å². The molecule has 2 aliphatic heterocycles. The maximum atomic E-state index is 13.8. The SMILES string of the molecule is O=C(Cc1cnc(N2CCC(N3C(=O)OCc4ccccc43)CC2)nc1C(F)(F)F)NC1CCCC1. The second-order valence-electron chi connectivity index (χ2n) is 9.54. The number of halogens is 3. The number of carbonyl (C=O) groups excluding carboxylic acids is 2. The summed E-state index contributed by atoms with van der Waals surface area (Å²) >= 11 is 0. The van der Waals surface area contributed by atoms with E-state index in [1.807, 2.05) is 24.3 Å². The molecule has 8 nitrogen and oxygen atoms in total. The number of hydrogen-bond acceptors (Lipinski definition) is 6. The number of nitrogens with one attached hydrogen (secondary N) is 1. The summed E-state index contributed by atoms with van der Waals surface area (Å²) in [6.07, 6.45) is 0.363. The van der Waals surface area contributed by atoms with Crippen LogP contribution in [0.3, 0.4) is 0 Å². The number of para-hydroxylation sites is 1. The lowest BCUT2D eigenvalue weighted by Gasteiger charge is -2.40. The molecule has 5 rings (SSSR count). The molecule has 0 bridgehead atoms. The molecule has 2 amide bonds. The molecule has 0 radical (unpaired) electrons. The highest BCUT2D eigenvalue weighted by molar-refractivity contribution is 5.91. The van der Waals surface area contributed by atoms with E-state index in [2.05, 4.69) is 15.3 Å². The van der Waals surface area contributed by atoms with Crippen LogP contribution < -0.4 is 15.1 Å². The second kappa shape index (κ2) is 9.94. The summed E-state index contributed by atoms with van der Waals surface area (Å²) in [6.45, 7) is 0.994. The predicted octanol–water partition coefficient (Wildman–Crippen LogP) is 4.22. The molecule has 36 heavy (non-hydrogen) atoms. The number of benzene rings is 1. The van der Waals surface area contributed by atoms with E-state index >= 15 is 0 Å². The van der Waals surface area contributed by atoms with E-state index in [-0.39, 0.29) is 30.2 Å². The standard InChI is InChI=1S/C25H28F3N5O3/c26-25(27,28)22-17(13-21(34)30-18-6-2-3-7-18)14-29-23(31-22)32-11-9-19(10-12-32)33-20-8-4-1-5-16(20)15-36-24(33)35/h1,4-5,8,14,18-19H,2-3,6-7,9-13,15H2,(H,30,34). The summed E-state index contributed by atoms with van der Waals surface area (Å²) in [5.74, 6) is -0.472. The summed E-state index contributed by atoms with van der Waals surface area (Å²) in [5, 5.41) is 2.82. The zero-order chi connectivity index (χ0) is 25.3. The van der Waals surface area contributed by atoms with Crippen LogP contribution in [-0.2, 0) is 28.7 Å². The lowest BCUT2D eigenvalue weighted by molar-refractivity contribution is -0.142. The van der Waals surface area contributed by atoms with Crippen molar-refractivity contribution in [1.29, 1.82) is 0 Å². The number of piperidine rings is 1. The van der Waals surface area contributed by atoms with Crippen molar-refractivity contribution in [2.75, 3.05) is 22.9 Å². The van der Waals surface area contributed by atoms with Crippen molar-refractivity contribution < 1.29 is 27.5 Å². The number of fused-ring (bicyclic) bond motifs is 1. The minimum Gasteiger partial charge on any atom is -0.444 e. The number of carbonyl (C=O) groups is 2. The fourth-order valence-corrected chi connectivity index (χ4v) is 5.29. The van der Waals surface area contributed by atoms with E-state index in [1.54, 1.807) is 9.80 Å². The van der Waals surface area contributed by atoms with Crippen LogP contribution in [0.4, 0.5) is 29.6 Å². The molecule has 3 aliphatic rings. The highest BCUT2D eigenvalue weighted by Crippen LogP contribution is 2.34. The first kappa shape index (κ1) is 24.3. The molecule has 1 N–H and O–H groups in total. The van der Waals surface area contributed by atoms with E-state index in [9.17, 15) is 22.8 Å². The minimum atomic E-state index is -4.71. The van der Waals surface area contributed by atoms with Gasteiger partial charge in [0.1, 0.15) is 6.61 Å². The molecular formula is C25H28F3N5O3. The van der Waals surface area contributed by atoms with Crippen LogP contribution in [-0.4, -0.2) is 47.1 Å². The van der Waals surface area contributed by atoms with Gasteiger partial charge in [-0.15, -0.1) is 0 Å². The predicted molar refractivity (Wildman–Crippen MR) is 125 cm³/mol. The Morgan fingerprint density at radius 1 is 1.11 bits per heavy atom. The van der Waals surface area contributed by atoms with Crippen LogP contribution in [0.15, 0.2) is 30.5 Å². The Morgan fingerprint density at radius 3 is 2.56 bits per heavy atom. The molecule has 2 aromatic rings. The molecular weight excluding hydrogens is 475 g/mol. The number of amides is 2. The van der Waals surface area contributed by atoms with Gasteiger partial charge in [-0.2, -0.15) is 13.2 Å². The Labute approximate surface area is 206 Å². The smallest absolute Gasteiger partial charge is 0.433 e. The third-order valence-corrected chi connectivity index (χ3v) is 7.10. The number of rotatable bonds is 5. The summed E-state index contributed by atoms with van der Waals surface area (Å²) in [5.41, 5.74) is 0.419. The maximum absolute atomic E-state index is 13.8. The fraction of sp³-hybridized carbons (Fsp3) is 0.520. The molecule has 192 valence electrons. The van der Waals surface area contributed by atoms with Gasteiger partial charge in [-0.05, 0) is 31.7 Å². The molecule has 1 aromatic heterocycles. The van der Waals surface area contributed by atoms with E-state index in [0.717, 1.165) is 43.1 Å². The van der Waals surface area contributed by atoms with Gasteiger partial charge in [0, 0.05) is 42.5 Å². The zero-order valence-corrected chi connectivity index (χ0v) is 19.8. The van der Waals surface area contributed by atoms with Crippen LogP contribution in [0.5, 0.6) is 0 Å². The Morgan fingerprint density at radius 2 is 1.83 bits per heavy atom. The van der Waals surface area contributed by atoms with Gasteiger partial charge in [0.2, 0.25) is 11.9 Å². The van der Waals surface area contributed by atoms with Crippen LogP contribution in [0.1, 0.15) is 55.3 Å². The van der Waals surface area contributed by atoms with Gasteiger partial charge < -0.3 is 15.0 Å². The first-order chi connectivity index (χ1) is 17.3. The van der Waals surface area contributed by atoms with Crippen molar-refractivity contribution in [1.82, 2.24) is 15.3 Å². The Hall–Kier alpha value is -3.37. The lowest BCUT2D eigenvalue weighted by atomic mass is 10.0. The average Bonchev–Trinajstić information content (AvgIpc) is 3.37. The Bertz CT molecular complexity index is 1130. The van der Waals surface area contributed by atoms with Gasteiger partial charge >= 0.3 is 12.3 Å². The monoisotopic (exact) mass is 503 g/mol. The summed E-state index contributed by atoms with van der Waals surface area (Å²) in [6, 6.07) is 7.42. The molecule has 1 saturated carbocycles. The van der Waals surface area contributed by atoms with Crippen molar-refractivity contribution in [3.05, 3.63) is 47.3 Å². The molecule has 11 heteroatoms. The number of anilines is 2. The van der Waals surface area contributed by atoms with E-state index in [1.165, 1.54) is 0 Å². The van der Waals surface area contributed by atoms with Gasteiger partial charge in [-0.3, -0.25) is 9.69 Å². The number of ether oxygens (including phenoxy) is 1. The molecule has 3 heterocycles. The molecule has 2 fully saturated rings. The van der Waals surface area contributed by atoms with Crippen LogP contribution >= 0.6 is 0 Å². The molecule has 1 aromatic carbocycles. The highest BCUT2D eigenvalue weighted by atomic mass is 19.4.